The molecule has 0 saturated carbocycles. The average molecular weight is 219 g/mol. The molecule has 1 saturated heterocycles. The van der Waals surface area contributed by atoms with Gasteiger partial charge in [-0.3, -0.25) is 4.90 Å². The van der Waals surface area contributed by atoms with Gasteiger partial charge in [0.25, 0.3) is 0 Å². The van der Waals surface area contributed by atoms with Gasteiger partial charge < -0.3 is 5.11 Å². The van der Waals surface area contributed by atoms with Gasteiger partial charge >= 0.3 is 0 Å². The van der Waals surface area contributed by atoms with Crippen molar-refractivity contribution in [3.8, 4) is 0 Å². The number of halogens is 1. The molecular weight excluding hydrogens is 208 g/mol. The molecule has 2 rings (SSSR count). The minimum absolute atomic E-state index is 0.150. The number of likely N-dealkylation sites (tertiary alicyclic amines) is 1. The predicted octanol–water partition coefficient (Wildman–Crippen LogP) is 1.36. The minimum atomic E-state index is -0.150. The van der Waals surface area contributed by atoms with E-state index in [-0.39, 0.29) is 6.10 Å². The molecule has 0 amide bonds. The van der Waals surface area contributed by atoms with Crippen LogP contribution in [0.2, 0.25) is 4.47 Å². The first-order valence-corrected chi connectivity index (χ1v) is 5.44. The number of hydrogen-bond acceptors (Lipinski definition) is 4. The Bertz CT molecular complexity index is 291. The van der Waals surface area contributed by atoms with Crippen molar-refractivity contribution in [2.45, 2.75) is 19.1 Å². The first-order valence-electron chi connectivity index (χ1n) is 4.24. The SMILES string of the molecule is OC1CCN(Cc2cnc(Cl)s2)C1. The van der Waals surface area contributed by atoms with Crippen molar-refractivity contribution in [3.05, 3.63) is 15.5 Å². The lowest BCUT2D eigenvalue weighted by atomic mass is 10.3. The molecular formula is C8H11ClN2OS. The van der Waals surface area contributed by atoms with E-state index in [0.717, 1.165) is 26.1 Å². The smallest absolute Gasteiger partial charge is 0.183 e. The highest BCUT2D eigenvalue weighted by Crippen LogP contribution is 2.21. The topological polar surface area (TPSA) is 36.4 Å². The number of thiazole rings is 1. The molecule has 0 spiro atoms. The molecule has 1 aromatic rings. The molecule has 1 aliphatic heterocycles. The maximum absolute atomic E-state index is 9.30. The van der Waals surface area contributed by atoms with Gasteiger partial charge in [-0.1, -0.05) is 11.6 Å². The Hall–Kier alpha value is -0.160. The lowest BCUT2D eigenvalue weighted by Gasteiger charge is -2.12. The normalized spacial score (nSPS) is 24.0. The van der Waals surface area contributed by atoms with E-state index in [1.807, 2.05) is 0 Å². The number of hydrogen-bond donors (Lipinski definition) is 1. The van der Waals surface area contributed by atoms with Gasteiger partial charge in [0.15, 0.2) is 4.47 Å². The minimum Gasteiger partial charge on any atom is -0.392 e. The Balaban J connectivity index is 1.91. The Labute approximate surface area is 86.0 Å². The van der Waals surface area contributed by atoms with Gasteiger partial charge in [0.2, 0.25) is 0 Å². The summed E-state index contributed by atoms with van der Waals surface area (Å²) in [4.78, 5) is 7.36. The summed E-state index contributed by atoms with van der Waals surface area (Å²) < 4.78 is 0.592. The quantitative estimate of drug-likeness (QED) is 0.815. The highest BCUT2D eigenvalue weighted by molar-refractivity contribution is 7.15. The van der Waals surface area contributed by atoms with Crippen LogP contribution in [0.4, 0.5) is 0 Å². The lowest BCUT2D eigenvalue weighted by molar-refractivity contribution is 0.175. The summed E-state index contributed by atoms with van der Waals surface area (Å²) in [5, 5.41) is 9.30. The monoisotopic (exact) mass is 218 g/mol. The van der Waals surface area contributed by atoms with Crippen LogP contribution in [-0.2, 0) is 6.54 Å². The van der Waals surface area contributed by atoms with Crippen LogP contribution < -0.4 is 0 Å². The second-order valence-corrected chi connectivity index (χ2v) is 4.95. The maximum atomic E-state index is 9.30. The van der Waals surface area contributed by atoms with Crippen LogP contribution in [0.3, 0.4) is 0 Å². The van der Waals surface area contributed by atoms with Gasteiger partial charge in [0.05, 0.1) is 6.10 Å². The van der Waals surface area contributed by atoms with Gasteiger partial charge in [0.1, 0.15) is 0 Å². The Morgan fingerprint density at radius 1 is 1.77 bits per heavy atom. The van der Waals surface area contributed by atoms with Crippen molar-refractivity contribution in [3.63, 3.8) is 0 Å². The van der Waals surface area contributed by atoms with Crippen LogP contribution >= 0.6 is 22.9 Å². The van der Waals surface area contributed by atoms with E-state index in [2.05, 4.69) is 9.88 Å². The zero-order chi connectivity index (χ0) is 9.26. The fraction of sp³-hybridized carbons (Fsp3) is 0.625. The fourth-order valence-corrected chi connectivity index (χ4v) is 2.55. The van der Waals surface area contributed by atoms with Crippen LogP contribution in [-0.4, -0.2) is 34.2 Å². The predicted molar refractivity (Wildman–Crippen MR) is 53.0 cm³/mol. The summed E-state index contributed by atoms with van der Waals surface area (Å²) in [6.45, 7) is 2.60. The Morgan fingerprint density at radius 3 is 3.15 bits per heavy atom. The molecule has 5 heteroatoms. The molecule has 1 N–H and O–H groups in total. The van der Waals surface area contributed by atoms with E-state index < -0.39 is 0 Å². The van der Waals surface area contributed by atoms with Crippen molar-refractivity contribution in [1.29, 1.82) is 0 Å². The standard InChI is InChI=1S/C8H11ClN2OS/c9-8-10-3-7(13-8)5-11-2-1-6(12)4-11/h3,6,12H,1-2,4-5H2. The molecule has 1 atom stereocenters. The summed E-state index contributed by atoms with van der Waals surface area (Å²) >= 11 is 7.22. The molecule has 0 aliphatic carbocycles. The van der Waals surface area contributed by atoms with E-state index in [1.165, 1.54) is 16.2 Å². The van der Waals surface area contributed by atoms with Crippen LogP contribution in [0.15, 0.2) is 6.20 Å². The molecule has 0 bridgehead atoms. The Morgan fingerprint density at radius 2 is 2.62 bits per heavy atom. The number of aromatic nitrogens is 1. The highest BCUT2D eigenvalue weighted by Gasteiger charge is 2.20. The van der Waals surface area contributed by atoms with Crippen LogP contribution in [0.25, 0.3) is 0 Å². The van der Waals surface area contributed by atoms with Crippen molar-refractivity contribution in [1.82, 2.24) is 9.88 Å². The number of aliphatic hydroxyl groups is 1. The Kier molecular flexibility index (Phi) is 2.83. The zero-order valence-electron chi connectivity index (χ0n) is 7.11. The molecule has 1 aliphatic rings. The van der Waals surface area contributed by atoms with Crippen LogP contribution in [0.5, 0.6) is 0 Å². The second kappa shape index (κ2) is 3.92. The third-order valence-corrected chi connectivity index (χ3v) is 3.25. The van der Waals surface area contributed by atoms with E-state index in [1.54, 1.807) is 6.20 Å². The number of β-amino-alcohol motifs (C(OH)–C–C–N with tert-alkyl or cyclic N) is 1. The first kappa shape index (κ1) is 9.40. The van der Waals surface area contributed by atoms with Crippen molar-refractivity contribution < 1.29 is 5.11 Å². The largest absolute Gasteiger partial charge is 0.392 e. The third kappa shape index (κ3) is 2.40. The van der Waals surface area contributed by atoms with Crippen LogP contribution in [0, 0.1) is 0 Å². The average Bonchev–Trinajstić information content (AvgIpc) is 2.62. The van der Waals surface area contributed by atoms with Gasteiger partial charge in [0, 0.05) is 30.7 Å². The fourth-order valence-electron chi connectivity index (χ4n) is 1.53. The lowest BCUT2D eigenvalue weighted by Crippen LogP contribution is -2.20. The number of rotatable bonds is 2. The zero-order valence-corrected chi connectivity index (χ0v) is 8.68. The van der Waals surface area contributed by atoms with E-state index in [0.29, 0.717) is 4.47 Å². The van der Waals surface area contributed by atoms with Crippen molar-refractivity contribution in [2.24, 2.45) is 0 Å². The molecule has 13 heavy (non-hydrogen) atoms. The van der Waals surface area contributed by atoms with Gasteiger partial charge in [-0.2, -0.15) is 0 Å². The first-order chi connectivity index (χ1) is 6.24. The summed E-state index contributed by atoms with van der Waals surface area (Å²) in [6.07, 6.45) is 2.54. The molecule has 0 radical (unpaired) electrons. The molecule has 3 nitrogen and oxygen atoms in total. The molecule has 0 aromatic carbocycles. The number of nitrogens with zero attached hydrogens (tertiary/aromatic N) is 2. The van der Waals surface area contributed by atoms with Crippen molar-refractivity contribution >= 4 is 22.9 Å². The van der Waals surface area contributed by atoms with E-state index >= 15 is 0 Å². The van der Waals surface area contributed by atoms with E-state index in [9.17, 15) is 5.11 Å². The summed E-state index contributed by atoms with van der Waals surface area (Å²) in [7, 11) is 0. The number of aliphatic hydroxyl groups excluding tert-OH is 1. The van der Waals surface area contributed by atoms with Crippen LogP contribution in [0.1, 0.15) is 11.3 Å². The molecule has 72 valence electrons. The van der Waals surface area contributed by atoms with Gasteiger partial charge in [-0.05, 0) is 6.42 Å². The molecule has 1 unspecified atom stereocenters. The highest BCUT2D eigenvalue weighted by atomic mass is 35.5. The summed E-state index contributed by atoms with van der Waals surface area (Å²) in [5.41, 5.74) is 0. The van der Waals surface area contributed by atoms with Crippen molar-refractivity contribution in [2.75, 3.05) is 13.1 Å². The molecule has 1 fully saturated rings. The molecule has 1 aromatic heterocycles. The molecule has 2 heterocycles. The van der Waals surface area contributed by atoms with Gasteiger partial charge in [-0.25, -0.2) is 4.98 Å². The summed E-state index contributed by atoms with van der Waals surface area (Å²) in [5.74, 6) is 0. The van der Waals surface area contributed by atoms with E-state index in [4.69, 9.17) is 11.6 Å². The van der Waals surface area contributed by atoms with Gasteiger partial charge in [-0.15, -0.1) is 11.3 Å². The second-order valence-electron chi connectivity index (χ2n) is 3.26. The maximum Gasteiger partial charge on any atom is 0.183 e. The summed E-state index contributed by atoms with van der Waals surface area (Å²) in [6, 6.07) is 0. The third-order valence-electron chi connectivity index (χ3n) is 2.15.